The van der Waals surface area contributed by atoms with E-state index in [0.29, 0.717) is 6.42 Å². The summed E-state index contributed by atoms with van der Waals surface area (Å²) in [4.78, 5) is 19.0. The summed E-state index contributed by atoms with van der Waals surface area (Å²) in [6.07, 6.45) is 11.7. The highest BCUT2D eigenvalue weighted by Gasteiger charge is 2.52. The van der Waals surface area contributed by atoms with Crippen LogP contribution in [0.5, 0.6) is 0 Å². The highest BCUT2D eigenvalue weighted by atomic mass is 16.5. The summed E-state index contributed by atoms with van der Waals surface area (Å²) < 4.78 is 12.1. The lowest BCUT2D eigenvalue weighted by Gasteiger charge is -2.43. The molecule has 0 N–H and O–H groups in total. The van der Waals surface area contributed by atoms with Crippen LogP contribution in [0, 0.1) is 5.92 Å². The number of carbonyl (C=O) groups is 1. The Morgan fingerprint density at radius 3 is 2.81 bits per heavy atom. The molecule has 2 aliphatic carbocycles. The summed E-state index contributed by atoms with van der Waals surface area (Å²) >= 11 is 0. The zero-order valence-electron chi connectivity index (χ0n) is 15.7. The van der Waals surface area contributed by atoms with Crippen molar-refractivity contribution >= 4 is 5.91 Å². The summed E-state index contributed by atoms with van der Waals surface area (Å²) in [6, 6.07) is 4.13. The lowest BCUT2D eigenvalue weighted by atomic mass is 9.79. The van der Waals surface area contributed by atoms with E-state index in [9.17, 15) is 4.79 Å². The Balaban J connectivity index is 1.37. The van der Waals surface area contributed by atoms with Gasteiger partial charge in [0.2, 0.25) is 5.91 Å². The Morgan fingerprint density at radius 2 is 2.08 bits per heavy atom. The van der Waals surface area contributed by atoms with E-state index in [0.717, 1.165) is 51.2 Å². The number of amides is 1. The minimum absolute atomic E-state index is 0.161. The average molecular weight is 358 g/mol. The molecule has 0 spiro atoms. The summed E-state index contributed by atoms with van der Waals surface area (Å²) in [6.45, 7) is 1.70. The molecular weight excluding hydrogens is 328 g/mol. The van der Waals surface area contributed by atoms with Crippen molar-refractivity contribution in [3.05, 3.63) is 30.1 Å². The third kappa shape index (κ3) is 3.79. The lowest BCUT2D eigenvalue weighted by molar-refractivity contribution is -0.141. The topological polar surface area (TPSA) is 51.7 Å². The first-order chi connectivity index (χ1) is 12.7. The smallest absolute Gasteiger partial charge is 0.223 e. The maximum Gasteiger partial charge on any atom is 0.223 e. The Kier molecular flexibility index (Phi) is 5.28. The first kappa shape index (κ1) is 17.9. The van der Waals surface area contributed by atoms with E-state index in [4.69, 9.17) is 9.47 Å². The van der Waals surface area contributed by atoms with Crippen LogP contribution in [0.2, 0.25) is 0 Å². The maximum atomic E-state index is 12.9. The van der Waals surface area contributed by atoms with Gasteiger partial charge in [0.25, 0.3) is 0 Å². The van der Waals surface area contributed by atoms with Crippen molar-refractivity contribution in [2.24, 2.45) is 5.92 Å². The van der Waals surface area contributed by atoms with Gasteiger partial charge in [-0.15, -0.1) is 0 Å². The number of aryl methyl sites for hydroxylation is 1. The summed E-state index contributed by atoms with van der Waals surface area (Å²) in [5.74, 6) is 1.03. The number of hydrogen-bond donors (Lipinski definition) is 0. The number of pyridine rings is 1. The third-order valence-electron chi connectivity index (χ3n) is 6.50. The monoisotopic (exact) mass is 358 g/mol. The number of methoxy groups -OCH3 is 1. The van der Waals surface area contributed by atoms with E-state index in [1.807, 2.05) is 19.2 Å². The number of hydrogen-bond acceptors (Lipinski definition) is 4. The van der Waals surface area contributed by atoms with E-state index in [-0.39, 0.29) is 23.7 Å². The molecule has 0 bridgehead atoms. The number of likely N-dealkylation sites (tertiary alicyclic amines) is 1. The van der Waals surface area contributed by atoms with Gasteiger partial charge in [0, 0.05) is 39.1 Å². The fourth-order valence-electron chi connectivity index (χ4n) is 4.61. The summed E-state index contributed by atoms with van der Waals surface area (Å²) in [5, 5.41) is 0. The van der Waals surface area contributed by atoms with E-state index >= 15 is 0 Å². The van der Waals surface area contributed by atoms with E-state index in [1.54, 1.807) is 12.4 Å². The van der Waals surface area contributed by atoms with Crippen molar-refractivity contribution in [1.82, 2.24) is 9.88 Å². The molecule has 5 heteroatoms. The van der Waals surface area contributed by atoms with Crippen molar-refractivity contribution in [1.29, 1.82) is 0 Å². The predicted octanol–water partition coefficient (Wildman–Crippen LogP) is 2.98. The second kappa shape index (κ2) is 7.65. The van der Waals surface area contributed by atoms with Crippen molar-refractivity contribution < 1.29 is 14.3 Å². The van der Waals surface area contributed by atoms with Gasteiger partial charge < -0.3 is 14.4 Å². The zero-order valence-corrected chi connectivity index (χ0v) is 15.7. The Hall–Kier alpha value is -1.46. The minimum atomic E-state index is -0.161. The van der Waals surface area contributed by atoms with Crippen LogP contribution in [0.3, 0.4) is 0 Å². The average Bonchev–Trinajstić information content (AvgIpc) is 3.44. The lowest BCUT2D eigenvalue weighted by Crippen LogP contribution is -2.53. The van der Waals surface area contributed by atoms with Crippen molar-refractivity contribution in [2.75, 3.05) is 20.3 Å². The van der Waals surface area contributed by atoms with Gasteiger partial charge in [-0.3, -0.25) is 9.78 Å². The highest BCUT2D eigenvalue weighted by molar-refractivity contribution is 5.77. The van der Waals surface area contributed by atoms with Gasteiger partial charge in [0.1, 0.15) is 0 Å². The quantitative estimate of drug-likeness (QED) is 0.752. The van der Waals surface area contributed by atoms with Crippen LogP contribution >= 0.6 is 0 Å². The van der Waals surface area contributed by atoms with Crippen LogP contribution in [-0.4, -0.2) is 53.8 Å². The molecule has 1 aromatic rings. The SMILES string of the molecule is CO[C@@]12CC[C@@H](OCC3CC3)C[C@@H]1N(C(=O)CCc1ccncc1)CC2. The van der Waals surface area contributed by atoms with Gasteiger partial charge in [0.15, 0.2) is 0 Å². The molecule has 2 saturated carbocycles. The standard InChI is InChI=1S/C21H30N2O3/c1-25-21-9-6-18(26-15-17-2-3-17)14-19(21)23(13-10-21)20(24)5-4-16-7-11-22-12-8-16/h7-8,11-12,17-19H,2-6,9-10,13-15H2,1H3/t18-,19+,21-/m1/s1. The first-order valence-electron chi connectivity index (χ1n) is 10.1. The molecule has 1 saturated heterocycles. The largest absolute Gasteiger partial charge is 0.378 e. The molecule has 0 radical (unpaired) electrons. The molecule has 0 unspecified atom stereocenters. The normalized spacial score (nSPS) is 31.0. The van der Waals surface area contributed by atoms with Crippen LogP contribution in [0.15, 0.2) is 24.5 Å². The fraction of sp³-hybridized carbons (Fsp3) is 0.714. The first-order valence-corrected chi connectivity index (χ1v) is 10.1. The molecule has 2 heterocycles. The van der Waals surface area contributed by atoms with E-state index < -0.39 is 0 Å². The molecule has 1 aliphatic heterocycles. The Bertz CT molecular complexity index is 619. The number of carbonyl (C=O) groups excluding carboxylic acids is 1. The zero-order chi connectivity index (χ0) is 18.0. The predicted molar refractivity (Wildman–Crippen MR) is 98.7 cm³/mol. The number of nitrogens with zero attached hydrogens (tertiary/aromatic N) is 2. The Morgan fingerprint density at radius 1 is 1.27 bits per heavy atom. The van der Waals surface area contributed by atoms with E-state index in [2.05, 4.69) is 9.88 Å². The van der Waals surface area contributed by atoms with Gasteiger partial charge in [-0.2, -0.15) is 0 Å². The Labute approximate surface area is 156 Å². The fourth-order valence-corrected chi connectivity index (χ4v) is 4.61. The van der Waals surface area contributed by atoms with E-state index in [1.165, 1.54) is 18.4 Å². The summed E-state index contributed by atoms with van der Waals surface area (Å²) in [5.41, 5.74) is 1.01. The van der Waals surface area contributed by atoms with Gasteiger partial charge in [0.05, 0.1) is 17.7 Å². The molecule has 1 aromatic heterocycles. The van der Waals surface area contributed by atoms with Gasteiger partial charge in [-0.25, -0.2) is 0 Å². The van der Waals surface area contributed by atoms with Crippen LogP contribution < -0.4 is 0 Å². The van der Waals surface area contributed by atoms with Gasteiger partial charge >= 0.3 is 0 Å². The molecule has 3 atom stereocenters. The van der Waals surface area contributed by atoms with Crippen molar-refractivity contribution in [3.63, 3.8) is 0 Å². The third-order valence-corrected chi connectivity index (χ3v) is 6.50. The van der Waals surface area contributed by atoms with Crippen LogP contribution in [0.1, 0.15) is 50.5 Å². The molecule has 26 heavy (non-hydrogen) atoms. The van der Waals surface area contributed by atoms with Gasteiger partial charge in [-0.05, 0) is 68.6 Å². The van der Waals surface area contributed by atoms with Gasteiger partial charge in [-0.1, -0.05) is 0 Å². The second-order valence-electron chi connectivity index (χ2n) is 8.15. The number of fused-ring (bicyclic) bond motifs is 1. The molecule has 5 nitrogen and oxygen atoms in total. The molecule has 4 rings (SSSR count). The number of rotatable bonds is 7. The highest BCUT2D eigenvalue weighted by Crippen LogP contribution is 2.44. The van der Waals surface area contributed by atoms with Crippen LogP contribution in [-0.2, 0) is 20.7 Å². The molecule has 0 aromatic carbocycles. The number of ether oxygens (including phenoxy) is 2. The van der Waals surface area contributed by atoms with Crippen LogP contribution in [0.4, 0.5) is 0 Å². The second-order valence-corrected chi connectivity index (χ2v) is 8.15. The minimum Gasteiger partial charge on any atom is -0.378 e. The van der Waals surface area contributed by atoms with Crippen molar-refractivity contribution in [2.45, 2.75) is 69.1 Å². The summed E-state index contributed by atoms with van der Waals surface area (Å²) in [7, 11) is 1.81. The molecule has 3 aliphatic rings. The number of aromatic nitrogens is 1. The van der Waals surface area contributed by atoms with Crippen LogP contribution in [0.25, 0.3) is 0 Å². The molecular formula is C21H30N2O3. The molecule has 3 fully saturated rings. The molecule has 1 amide bonds. The maximum absolute atomic E-state index is 12.9. The molecule has 142 valence electrons. The van der Waals surface area contributed by atoms with Crippen molar-refractivity contribution in [3.8, 4) is 0 Å².